The van der Waals surface area contributed by atoms with Crippen LogP contribution < -0.4 is 10.6 Å². The molecule has 4 amide bonds. The van der Waals surface area contributed by atoms with E-state index in [1.807, 2.05) is 13.0 Å². The highest BCUT2D eigenvalue weighted by atomic mass is 19.1. The van der Waals surface area contributed by atoms with Crippen molar-refractivity contribution in [1.29, 1.82) is 5.26 Å². The number of rotatable bonds is 5. The zero-order chi connectivity index (χ0) is 21.0. The molecule has 3 rings (SSSR count). The zero-order valence-corrected chi connectivity index (χ0v) is 16.9. The quantitative estimate of drug-likeness (QED) is 0.795. The van der Waals surface area contributed by atoms with Gasteiger partial charge in [-0.05, 0) is 37.3 Å². The second kappa shape index (κ2) is 9.12. The molecular formula is C21H28FN5O2. The Morgan fingerprint density at radius 2 is 2.07 bits per heavy atom. The minimum absolute atomic E-state index is 0.103. The van der Waals surface area contributed by atoms with Crippen molar-refractivity contribution in [2.45, 2.75) is 51.2 Å². The van der Waals surface area contributed by atoms with Crippen molar-refractivity contribution in [2.24, 2.45) is 5.92 Å². The van der Waals surface area contributed by atoms with Crippen molar-refractivity contribution >= 4 is 12.1 Å². The molecule has 1 aromatic carbocycles. The molecule has 0 radical (unpaired) electrons. The van der Waals surface area contributed by atoms with E-state index in [1.54, 1.807) is 22.9 Å². The number of benzene rings is 1. The summed E-state index contributed by atoms with van der Waals surface area (Å²) in [5.41, 5.74) is 1.35. The van der Waals surface area contributed by atoms with Crippen LogP contribution in [0.1, 0.15) is 37.3 Å². The van der Waals surface area contributed by atoms with Crippen LogP contribution in [-0.2, 0) is 13.0 Å². The van der Waals surface area contributed by atoms with Gasteiger partial charge in [0.15, 0.2) is 0 Å². The van der Waals surface area contributed by atoms with Gasteiger partial charge in [-0.2, -0.15) is 5.26 Å². The molecule has 0 aromatic heterocycles. The Morgan fingerprint density at radius 1 is 1.31 bits per heavy atom. The van der Waals surface area contributed by atoms with Gasteiger partial charge in [-0.3, -0.25) is 0 Å². The van der Waals surface area contributed by atoms with Crippen LogP contribution in [0.3, 0.4) is 0 Å². The lowest BCUT2D eigenvalue weighted by Gasteiger charge is -2.41. The smallest absolute Gasteiger partial charge is 0.318 e. The molecule has 2 aliphatic rings. The van der Waals surface area contributed by atoms with Crippen LogP contribution in [-0.4, -0.2) is 54.1 Å². The zero-order valence-electron chi connectivity index (χ0n) is 16.9. The van der Waals surface area contributed by atoms with Crippen molar-refractivity contribution in [3.63, 3.8) is 0 Å². The number of nitriles is 1. The van der Waals surface area contributed by atoms with E-state index in [0.717, 1.165) is 24.8 Å². The molecule has 8 heteroatoms. The summed E-state index contributed by atoms with van der Waals surface area (Å²) < 4.78 is 14.2. The Balaban J connectivity index is 1.69. The standard InChI is InChI=1S/C21H28FN5O2/c1-3-14-4-5-16(19(22)9-14)11-25-21(29)27(17-6-7-17)18-8-15(10-23)12-26(13-18)20(28)24-2/h4-5,9,15,17-18H,3,6-8,11-13H2,1-2H3,(H,24,28)(H,25,29). The summed E-state index contributed by atoms with van der Waals surface area (Å²) in [7, 11) is 1.55. The van der Waals surface area contributed by atoms with Crippen molar-refractivity contribution in [2.75, 3.05) is 20.1 Å². The molecule has 2 atom stereocenters. The van der Waals surface area contributed by atoms with E-state index in [-0.39, 0.29) is 42.4 Å². The maximum atomic E-state index is 14.2. The first-order valence-corrected chi connectivity index (χ1v) is 10.2. The van der Waals surface area contributed by atoms with E-state index in [1.165, 1.54) is 6.07 Å². The van der Waals surface area contributed by atoms with Crippen molar-refractivity contribution in [3.05, 3.63) is 35.1 Å². The molecule has 1 heterocycles. The van der Waals surface area contributed by atoms with E-state index in [2.05, 4.69) is 16.7 Å². The summed E-state index contributed by atoms with van der Waals surface area (Å²) in [6, 6.07) is 6.67. The first-order valence-electron chi connectivity index (χ1n) is 10.2. The molecule has 0 spiro atoms. The van der Waals surface area contributed by atoms with Crippen LogP contribution in [0.5, 0.6) is 0 Å². The number of urea groups is 2. The Kier molecular flexibility index (Phi) is 6.57. The molecule has 2 unspecified atom stereocenters. The molecule has 0 bridgehead atoms. The van der Waals surface area contributed by atoms with Gasteiger partial charge in [0.25, 0.3) is 0 Å². The summed E-state index contributed by atoms with van der Waals surface area (Å²) in [5.74, 6) is -0.644. The lowest BCUT2D eigenvalue weighted by atomic mass is 9.94. The maximum Gasteiger partial charge on any atom is 0.318 e. The minimum Gasteiger partial charge on any atom is -0.341 e. The van der Waals surface area contributed by atoms with Crippen LogP contribution in [0.15, 0.2) is 18.2 Å². The number of carbonyl (C=O) groups excluding carboxylic acids is 2. The fourth-order valence-corrected chi connectivity index (χ4v) is 3.89. The molecule has 29 heavy (non-hydrogen) atoms. The normalized spacial score (nSPS) is 21.2. The number of piperidine rings is 1. The number of likely N-dealkylation sites (tertiary alicyclic amines) is 1. The maximum absolute atomic E-state index is 14.2. The third kappa shape index (κ3) is 4.97. The van der Waals surface area contributed by atoms with E-state index < -0.39 is 0 Å². The second-order valence-electron chi connectivity index (χ2n) is 7.75. The van der Waals surface area contributed by atoms with Crippen LogP contribution >= 0.6 is 0 Å². The fraction of sp³-hybridized carbons (Fsp3) is 0.571. The second-order valence-corrected chi connectivity index (χ2v) is 7.75. The summed E-state index contributed by atoms with van der Waals surface area (Å²) in [4.78, 5) is 28.4. The third-order valence-corrected chi connectivity index (χ3v) is 5.64. The predicted molar refractivity (Wildman–Crippen MR) is 106 cm³/mol. The topological polar surface area (TPSA) is 88.5 Å². The third-order valence-electron chi connectivity index (χ3n) is 5.64. The monoisotopic (exact) mass is 401 g/mol. The van der Waals surface area contributed by atoms with Crippen LogP contribution in [0.2, 0.25) is 0 Å². The number of nitrogens with zero attached hydrogens (tertiary/aromatic N) is 3. The number of hydrogen-bond donors (Lipinski definition) is 2. The van der Waals surface area contributed by atoms with Gasteiger partial charge in [-0.25, -0.2) is 14.0 Å². The summed E-state index contributed by atoms with van der Waals surface area (Å²) in [5, 5.41) is 14.8. The van der Waals surface area contributed by atoms with Crippen LogP contribution in [0.4, 0.5) is 14.0 Å². The molecule has 1 aromatic rings. The molecule has 1 aliphatic heterocycles. The molecule has 156 valence electrons. The largest absolute Gasteiger partial charge is 0.341 e. The predicted octanol–water partition coefficient (Wildman–Crippen LogP) is 2.62. The fourth-order valence-electron chi connectivity index (χ4n) is 3.89. The van der Waals surface area contributed by atoms with Crippen molar-refractivity contribution in [1.82, 2.24) is 20.4 Å². The number of amides is 4. The van der Waals surface area contributed by atoms with Crippen LogP contribution in [0, 0.1) is 23.1 Å². The lowest BCUT2D eigenvalue weighted by molar-refractivity contribution is 0.103. The summed E-state index contributed by atoms with van der Waals surface area (Å²) in [6.07, 6.45) is 3.09. The SMILES string of the molecule is CCc1ccc(CNC(=O)N(C2CC2)C2CC(C#N)CN(C(=O)NC)C2)c(F)c1. The molecule has 1 saturated carbocycles. The van der Waals surface area contributed by atoms with Gasteiger partial charge in [0.1, 0.15) is 5.82 Å². The molecular weight excluding hydrogens is 373 g/mol. The number of hydrogen-bond acceptors (Lipinski definition) is 3. The lowest BCUT2D eigenvalue weighted by Crippen LogP contribution is -2.57. The number of halogens is 1. The van der Waals surface area contributed by atoms with E-state index >= 15 is 0 Å². The molecule has 1 aliphatic carbocycles. The van der Waals surface area contributed by atoms with Crippen molar-refractivity contribution in [3.8, 4) is 6.07 Å². The molecule has 1 saturated heterocycles. The Morgan fingerprint density at radius 3 is 2.66 bits per heavy atom. The Labute approximate surface area is 170 Å². The molecule has 2 fully saturated rings. The summed E-state index contributed by atoms with van der Waals surface area (Å²) in [6.45, 7) is 2.82. The molecule has 7 nitrogen and oxygen atoms in total. The van der Waals surface area contributed by atoms with Crippen molar-refractivity contribution < 1.29 is 14.0 Å². The average molecular weight is 401 g/mol. The van der Waals surface area contributed by atoms with Gasteiger partial charge in [-0.1, -0.05) is 19.1 Å². The van der Waals surface area contributed by atoms with Gasteiger partial charge in [0, 0.05) is 38.3 Å². The van der Waals surface area contributed by atoms with Gasteiger partial charge in [0.2, 0.25) is 0 Å². The van der Waals surface area contributed by atoms with E-state index in [0.29, 0.717) is 25.1 Å². The Hall–Kier alpha value is -2.82. The number of carbonyl (C=O) groups is 2. The Bertz CT molecular complexity index is 805. The van der Waals surface area contributed by atoms with Crippen LogP contribution in [0.25, 0.3) is 0 Å². The highest BCUT2D eigenvalue weighted by Crippen LogP contribution is 2.32. The van der Waals surface area contributed by atoms with E-state index in [4.69, 9.17) is 0 Å². The number of nitrogens with one attached hydrogen (secondary N) is 2. The highest BCUT2D eigenvalue weighted by Gasteiger charge is 2.41. The number of aryl methyl sites for hydroxylation is 1. The van der Waals surface area contributed by atoms with Gasteiger partial charge < -0.3 is 20.4 Å². The van der Waals surface area contributed by atoms with Gasteiger partial charge in [0.05, 0.1) is 18.0 Å². The first kappa shape index (κ1) is 20.9. The van der Waals surface area contributed by atoms with E-state index in [9.17, 15) is 19.2 Å². The van der Waals surface area contributed by atoms with Gasteiger partial charge in [-0.15, -0.1) is 0 Å². The first-order chi connectivity index (χ1) is 14.0. The highest BCUT2D eigenvalue weighted by molar-refractivity contribution is 5.76. The van der Waals surface area contributed by atoms with Gasteiger partial charge >= 0.3 is 12.1 Å². The average Bonchev–Trinajstić information content (AvgIpc) is 3.57. The summed E-state index contributed by atoms with van der Waals surface area (Å²) >= 11 is 0. The minimum atomic E-state index is -0.323. The molecule has 2 N–H and O–H groups in total.